The van der Waals surface area contributed by atoms with E-state index in [1.54, 1.807) is 0 Å². The van der Waals surface area contributed by atoms with Gasteiger partial charge in [-0.1, -0.05) is 0 Å². The van der Waals surface area contributed by atoms with E-state index in [-0.39, 0.29) is 5.69 Å². The van der Waals surface area contributed by atoms with Crippen LogP contribution in [0.3, 0.4) is 0 Å². The number of amides is 1. The molecule has 18 heavy (non-hydrogen) atoms. The summed E-state index contributed by atoms with van der Waals surface area (Å²) >= 11 is 0. The maximum absolute atomic E-state index is 13.1. The van der Waals surface area contributed by atoms with Crippen LogP contribution in [-0.4, -0.2) is 18.0 Å². The van der Waals surface area contributed by atoms with Crippen molar-refractivity contribution in [2.45, 2.75) is 12.1 Å². The van der Waals surface area contributed by atoms with E-state index in [0.717, 1.165) is 17.4 Å². The Labute approximate surface area is 96.6 Å². The van der Waals surface area contributed by atoms with Crippen molar-refractivity contribution >= 4 is 17.3 Å². The number of alkyl halides is 5. The molecule has 1 aromatic rings. The SMILES string of the molecule is Nc1ccc(NC(=O)C(F)(F)C(F)(F)F)c(F)c1. The summed E-state index contributed by atoms with van der Waals surface area (Å²) in [4.78, 5) is 10.7. The lowest BCUT2D eigenvalue weighted by atomic mass is 10.2. The summed E-state index contributed by atoms with van der Waals surface area (Å²) in [5.41, 5.74) is 4.24. The number of nitrogen functional groups attached to an aromatic ring is 1. The molecule has 0 aromatic heterocycles. The number of anilines is 2. The zero-order valence-electron chi connectivity index (χ0n) is 8.49. The standard InChI is InChI=1S/C9H6F6N2O/c10-5-3-4(16)1-2-6(5)17-7(18)8(11,12)9(13,14)15/h1-3H,16H2,(H,17,18). The van der Waals surface area contributed by atoms with Gasteiger partial charge in [-0.3, -0.25) is 4.79 Å². The largest absolute Gasteiger partial charge is 0.463 e. The Morgan fingerprint density at radius 1 is 1.17 bits per heavy atom. The molecule has 3 nitrogen and oxygen atoms in total. The van der Waals surface area contributed by atoms with Crippen LogP contribution in [0.2, 0.25) is 0 Å². The molecule has 0 fully saturated rings. The van der Waals surface area contributed by atoms with E-state index in [1.807, 2.05) is 0 Å². The summed E-state index contributed by atoms with van der Waals surface area (Å²) in [6.07, 6.45) is -6.05. The molecule has 3 N–H and O–H groups in total. The molecule has 1 aromatic carbocycles. The van der Waals surface area contributed by atoms with Gasteiger partial charge < -0.3 is 11.1 Å². The number of nitrogens with one attached hydrogen (secondary N) is 1. The Bertz CT molecular complexity index is 471. The molecular formula is C9H6F6N2O. The van der Waals surface area contributed by atoms with Gasteiger partial charge in [0.15, 0.2) is 0 Å². The first kappa shape index (κ1) is 14.1. The first-order valence-electron chi connectivity index (χ1n) is 4.36. The van der Waals surface area contributed by atoms with Gasteiger partial charge >= 0.3 is 18.0 Å². The summed E-state index contributed by atoms with van der Waals surface area (Å²) in [5.74, 6) is -9.50. The second-order valence-electron chi connectivity index (χ2n) is 3.27. The molecular weight excluding hydrogens is 266 g/mol. The minimum atomic E-state index is -6.05. The predicted octanol–water partition coefficient (Wildman–Crippen LogP) is 2.54. The van der Waals surface area contributed by atoms with E-state index >= 15 is 0 Å². The Kier molecular flexibility index (Phi) is 3.45. The highest BCUT2D eigenvalue weighted by molar-refractivity contribution is 5.96. The van der Waals surface area contributed by atoms with Gasteiger partial charge in [0.1, 0.15) is 5.82 Å². The second-order valence-corrected chi connectivity index (χ2v) is 3.27. The molecule has 0 heterocycles. The van der Waals surface area contributed by atoms with E-state index in [2.05, 4.69) is 0 Å². The summed E-state index contributed by atoms with van der Waals surface area (Å²) in [6, 6.07) is 2.47. The van der Waals surface area contributed by atoms with Crippen LogP contribution in [0.25, 0.3) is 0 Å². The quantitative estimate of drug-likeness (QED) is 0.642. The molecule has 100 valence electrons. The first-order chi connectivity index (χ1) is 8.05. The van der Waals surface area contributed by atoms with Gasteiger partial charge in [-0.05, 0) is 18.2 Å². The van der Waals surface area contributed by atoms with Gasteiger partial charge in [-0.2, -0.15) is 22.0 Å². The summed E-state index contributed by atoms with van der Waals surface area (Å²) < 4.78 is 73.6. The molecule has 0 unspecified atom stereocenters. The molecule has 0 saturated carbocycles. The van der Waals surface area contributed by atoms with E-state index in [4.69, 9.17) is 5.73 Å². The molecule has 0 aliphatic heterocycles. The summed E-state index contributed by atoms with van der Waals surface area (Å²) in [5, 5.41) is 1.14. The Balaban J connectivity index is 2.95. The number of benzene rings is 1. The molecule has 1 rings (SSSR count). The van der Waals surface area contributed by atoms with Crippen molar-refractivity contribution in [2.24, 2.45) is 0 Å². The second kappa shape index (κ2) is 4.39. The first-order valence-corrected chi connectivity index (χ1v) is 4.36. The normalized spacial score (nSPS) is 12.3. The fourth-order valence-corrected chi connectivity index (χ4v) is 0.962. The average molecular weight is 272 g/mol. The molecule has 9 heteroatoms. The molecule has 1 amide bonds. The predicted molar refractivity (Wildman–Crippen MR) is 50.4 cm³/mol. The van der Waals surface area contributed by atoms with Gasteiger partial charge in [0.25, 0.3) is 0 Å². The lowest BCUT2D eigenvalue weighted by Crippen LogP contribution is -2.47. The molecule has 0 bridgehead atoms. The molecule has 0 spiro atoms. The zero-order chi connectivity index (χ0) is 14.1. The van der Waals surface area contributed by atoms with Gasteiger partial charge in [0.05, 0.1) is 5.69 Å². The maximum atomic E-state index is 13.1. The summed E-state index contributed by atoms with van der Waals surface area (Å²) in [7, 11) is 0. The number of hydrogen-bond acceptors (Lipinski definition) is 2. The number of rotatable bonds is 2. The van der Waals surface area contributed by atoms with E-state index in [0.29, 0.717) is 6.07 Å². The highest BCUT2D eigenvalue weighted by Gasteiger charge is 2.63. The fraction of sp³-hybridized carbons (Fsp3) is 0.222. The van der Waals surface area contributed by atoms with Crippen LogP contribution < -0.4 is 11.1 Å². The van der Waals surface area contributed by atoms with E-state index < -0.39 is 29.5 Å². The molecule has 0 saturated heterocycles. The number of carbonyl (C=O) groups is 1. The highest BCUT2D eigenvalue weighted by atomic mass is 19.4. The van der Waals surface area contributed by atoms with Crippen molar-refractivity contribution in [3.63, 3.8) is 0 Å². The lowest BCUT2D eigenvalue weighted by Gasteiger charge is -2.18. The topological polar surface area (TPSA) is 55.1 Å². The van der Waals surface area contributed by atoms with Gasteiger partial charge in [0.2, 0.25) is 0 Å². The van der Waals surface area contributed by atoms with Crippen molar-refractivity contribution < 1.29 is 31.1 Å². The van der Waals surface area contributed by atoms with Crippen LogP contribution in [0.15, 0.2) is 18.2 Å². The smallest absolute Gasteiger partial charge is 0.399 e. The van der Waals surface area contributed by atoms with Gasteiger partial charge in [-0.15, -0.1) is 0 Å². The number of carbonyl (C=O) groups excluding carboxylic acids is 1. The monoisotopic (exact) mass is 272 g/mol. The van der Waals surface area contributed by atoms with Crippen LogP contribution in [-0.2, 0) is 4.79 Å². The third kappa shape index (κ3) is 2.66. The lowest BCUT2D eigenvalue weighted by molar-refractivity contribution is -0.267. The van der Waals surface area contributed by atoms with Crippen molar-refractivity contribution in [3.8, 4) is 0 Å². The average Bonchev–Trinajstić information content (AvgIpc) is 2.20. The van der Waals surface area contributed by atoms with E-state index in [9.17, 15) is 31.1 Å². The Morgan fingerprint density at radius 2 is 1.72 bits per heavy atom. The van der Waals surface area contributed by atoms with Crippen LogP contribution in [0.4, 0.5) is 37.7 Å². The number of hydrogen-bond donors (Lipinski definition) is 2. The van der Waals surface area contributed by atoms with Crippen molar-refractivity contribution in [3.05, 3.63) is 24.0 Å². The number of nitrogens with two attached hydrogens (primary N) is 1. The van der Waals surface area contributed by atoms with Crippen LogP contribution in [0.1, 0.15) is 0 Å². The minimum Gasteiger partial charge on any atom is -0.399 e. The van der Waals surface area contributed by atoms with Crippen LogP contribution in [0, 0.1) is 5.82 Å². The van der Waals surface area contributed by atoms with Crippen LogP contribution >= 0.6 is 0 Å². The Hall–Kier alpha value is -1.93. The van der Waals surface area contributed by atoms with Crippen LogP contribution in [0.5, 0.6) is 0 Å². The van der Waals surface area contributed by atoms with E-state index in [1.165, 1.54) is 0 Å². The molecule has 0 aliphatic carbocycles. The molecule has 0 atom stereocenters. The van der Waals surface area contributed by atoms with Gasteiger partial charge in [0, 0.05) is 5.69 Å². The minimum absolute atomic E-state index is 0.0759. The molecule has 0 radical (unpaired) electrons. The third-order valence-electron chi connectivity index (χ3n) is 1.88. The van der Waals surface area contributed by atoms with Crippen molar-refractivity contribution in [2.75, 3.05) is 11.1 Å². The molecule has 0 aliphatic rings. The number of halogens is 6. The maximum Gasteiger partial charge on any atom is 0.463 e. The fourth-order valence-electron chi connectivity index (χ4n) is 0.962. The Morgan fingerprint density at radius 3 is 2.17 bits per heavy atom. The third-order valence-corrected chi connectivity index (χ3v) is 1.88. The van der Waals surface area contributed by atoms with Crippen molar-refractivity contribution in [1.29, 1.82) is 0 Å². The van der Waals surface area contributed by atoms with Crippen molar-refractivity contribution in [1.82, 2.24) is 0 Å². The van der Waals surface area contributed by atoms with Gasteiger partial charge in [-0.25, -0.2) is 4.39 Å². The summed E-state index contributed by atoms with van der Waals surface area (Å²) in [6.45, 7) is 0. The highest BCUT2D eigenvalue weighted by Crippen LogP contribution is 2.36. The zero-order valence-corrected chi connectivity index (χ0v) is 8.49.